The lowest BCUT2D eigenvalue weighted by Crippen LogP contribution is -2.29. The number of nitrogens with two attached hydrogens (primary N) is 1. The van der Waals surface area contributed by atoms with Crippen LogP contribution in [0.5, 0.6) is 0 Å². The molecule has 0 heterocycles. The van der Waals surface area contributed by atoms with Gasteiger partial charge in [-0.15, -0.1) is 0 Å². The van der Waals surface area contributed by atoms with Crippen molar-refractivity contribution in [2.75, 3.05) is 26.4 Å². The second kappa shape index (κ2) is 84.1. The summed E-state index contributed by atoms with van der Waals surface area (Å²) in [5.41, 5.74) is 5.42. The van der Waals surface area contributed by atoms with Gasteiger partial charge < -0.3 is 20.1 Å². The van der Waals surface area contributed by atoms with Gasteiger partial charge in [0.25, 0.3) is 0 Å². The summed E-state index contributed by atoms with van der Waals surface area (Å²) < 4.78 is 33.3. The number of rotatable bonds is 82. The fourth-order valence-electron chi connectivity index (χ4n) is 12.9. The van der Waals surface area contributed by atoms with E-state index in [1.54, 1.807) is 0 Å². The summed E-state index contributed by atoms with van der Waals surface area (Å²) in [5.74, 6) is -0.804. The predicted octanol–water partition coefficient (Wildman–Crippen LogP) is 29.2. The summed E-state index contributed by atoms with van der Waals surface area (Å²) in [7, 11) is -4.40. The first-order valence-corrected chi connectivity index (χ1v) is 44.6. The van der Waals surface area contributed by atoms with Crippen LogP contribution in [0.4, 0.5) is 0 Å². The Morgan fingerprint density at radius 1 is 0.313 bits per heavy atom. The molecule has 0 aromatic heterocycles. The van der Waals surface area contributed by atoms with E-state index in [1.165, 1.54) is 334 Å². The van der Waals surface area contributed by atoms with Crippen LogP contribution in [0.1, 0.15) is 438 Å². The predicted molar refractivity (Wildman–Crippen MR) is 432 cm³/mol. The third-order valence-corrected chi connectivity index (χ3v) is 20.2. The third kappa shape index (κ3) is 84.0. The van der Waals surface area contributed by atoms with E-state index in [2.05, 4.69) is 98.9 Å². The minimum Gasteiger partial charge on any atom is -0.462 e. The molecule has 0 rings (SSSR count). The van der Waals surface area contributed by atoms with Crippen molar-refractivity contribution in [3.63, 3.8) is 0 Å². The standard InChI is InChI=1S/C89H164NO8P/c1-3-5-7-9-11-13-15-17-19-21-23-25-27-29-31-33-35-37-39-41-42-43-44-46-47-49-51-53-55-57-59-61-63-65-67-69-71-73-75-77-79-81-88(91)95-85-87(86-97-99(93,94)96-84-83-90)98-89(92)82-80-78-76-74-72-70-68-66-64-62-60-58-56-54-52-50-48-45-40-38-36-34-32-30-28-26-24-22-20-18-16-14-12-10-8-6-4-2/h6,8,12,14-15,17-18,20-21,23-24,26,30,32,87H,3-5,7,9-11,13,16,19,22,25,27-29,31,33-86,90H2,1-2H3,(H,93,94)/b8-6-,14-12-,17-15-,20-18-,23-21-,26-24-,32-30-. The van der Waals surface area contributed by atoms with E-state index >= 15 is 0 Å². The van der Waals surface area contributed by atoms with Crippen LogP contribution in [0.2, 0.25) is 0 Å². The molecule has 2 atom stereocenters. The quantitative estimate of drug-likeness (QED) is 0.0264. The van der Waals surface area contributed by atoms with Crippen LogP contribution in [0.3, 0.4) is 0 Å². The molecule has 0 aliphatic carbocycles. The second-order valence-electron chi connectivity index (χ2n) is 29.0. The Balaban J connectivity index is 3.72. The van der Waals surface area contributed by atoms with Gasteiger partial charge in [-0.05, 0) is 89.9 Å². The molecule has 0 bridgehead atoms. The number of ether oxygens (including phenoxy) is 2. The molecule has 3 N–H and O–H groups in total. The monoisotopic (exact) mass is 1410 g/mol. The average Bonchev–Trinajstić information content (AvgIpc) is 1.64. The molecule has 0 aliphatic rings. The van der Waals surface area contributed by atoms with Crippen LogP contribution in [0.15, 0.2) is 85.1 Å². The molecule has 0 aliphatic heterocycles. The molecule has 2 unspecified atom stereocenters. The van der Waals surface area contributed by atoms with Gasteiger partial charge in [0, 0.05) is 19.4 Å². The van der Waals surface area contributed by atoms with E-state index in [-0.39, 0.29) is 38.6 Å². The second-order valence-corrected chi connectivity index (χ2v) is 30.5. The topological polar surface area (TPSA) is 134 Å². The van der Waals surface area contributed by atoms with Crippen LogP contribution >= 0.6 is 7.82 Å². The maximum atomic E-state index is 12.8. The van der Waals surface area contributed by atoms with E-state index in [1.807, 2.05) is 0 Å². The molecule has 99 heavy (non-hydrogen) atoms. The van der Waals surface area contributed by atoms with Gasteiger partial charge in [0.15, 0.2) is 6.10 Å². The number of phosphoric ester groups is 1. The first kappa shape index (κ1) is 96.2. The number of allylic oxidation sites excluding steroid dienone is 14. The Morgan fingerprint density at radius 2 is 0.556 bits per heavy atom. The molecule has 0 aromatic carbocycles. The van der Waals surface area contributed by atoms with Gasteiger partial charge in [-0.25, -0.2) is 4.57 Å². The highest BCUT2D eigenvalue weighted by molar-refractivity contribution is 7.47. The molecule has 10 heteroatoms. The van der Waals surface area contributed by atoms with Crippen molar-refractivity contribution in [1.82, 2.24) is 0 Å². The summed E-state index contributed by atoms with van der Waals surface area (Å²) in [6.07, 6.45) is 115. The molecule has 0 saturated heterocycles. The van der Waals surface area contributed by atoms with Crippen molar-refractivity contribution in [2.24, 2.45) is 5.73 Å². The summed E-state index contributed by atoms with van der Waals surface area (Å²) in [6.45, 7) is 3.69. The average molecular weight is 1410 g/mol. The lowest BCUT2D eigenvalue weighted by Gasteiger charge is -2.19. The SMILES string of the molecule is CC/C=C\C/C=C\C/C=C\C/C=C\C/C=C\CCCCCCCCCCCCCCCCCCCCCCCC(=O)OC(COC(=O)CCCCCCCCCCCCCCCCCCCCCCCCCCCCCCC/C=C\C/C=C\CCCCCCC)COP(=O)(O)OCCN. The highest BCUT2D eigenvalue weighted by atomic mass is 31.2. The minimum atomic E-state index is -4.40. The Bertz CT molecular complexity index is 1910. The van der Waals surface area contributed by atoms with Gasteiger partial charge in [0.05, 0.1) is 13.2 Å². The molecular formula is C89H164NO8P. The first-order chi connectivity index (χ1) is 48.8. The molecule has 0 radical (unpaired) electrons. The van der Waals surface area contributed by atoms with E-state index in [9.17, 15) is 19.0 Å². The molecule has 0 amide bonds. The van der Waals surface area contributed by atoms with Gasteiger partial charge in [0.1, 0.15) is 6.61 Å². The Kier molecular flexibility index (Phi) is 81.7. The van der Waals surface area contributed by atoms with Crippen molar-refractivity contribution in [1.29, 1.82) is 0 Å². The van der Waals surface area contributed by atoms with Crippen molar-refractivity contribution >= 4 is 19.8 Å². The summed E-state index contributed by atoms with van der Waals surface area (Å²) in [5, 5.41) is 0. The van der Waals surface area contributed by atoms with Gasteiger partial charge in [0.2, 0.25) is 0 Å². The van der Waals surface area contributed by atoms with E-state index in [0.717, 1.165) is 70.6 Å². The number of hydrogen-bond acceptors (Lipinski definition) is 8. The highest BCUT2D eigenvalue weighted by Crippen LogP contribution is 2.43. The van der Waals surface area contributed by atoms with Crippen LogP contribution in [0, 0.1) is 0 Å². The van der Waals surface area contributed by atoms with Crippen molar-refractivity contribution in [3.8, 4) is 0 Å². The molecule has 0 saturated carbocycles. The zero-order valence-electron chi connectivity index (χ0n) is 65.5. The van der Waals surface area contributed by atoms with Crippen LogP contribution in [-0.2, 0) is 32.7 Å². The smallest absolute Gasteiger partial charge is 0.462 e. The molecule has 0 aromatic rings. The summed E-state index contributed by atoms with van der Waals surface area (Å²) in [4.78, 5) is 35.5. The first-order valence-electron chi connectivity index (χ1n) is 43.1. The molecule has 9 nitrogen and oxygen atoms in total. The summed E-state index contributed by atoms with van der Waals surface area (Å²) >= 11 is 0. The highest BCUT2D eigenvalue weighted by Gasteiger charge is 2.26. The number of carbonyl (C=O) groups is 2. The number of carbonyl (C=O) groups excluding carboxylic acids is 2. The van der Waals surface area contributed by atoms with Gasteiger partial charge >= 0.3 is 19.8 Å². The van der Waals surface area contributed by atoms with E-state index < -0.39 is 26.5 Å². The van der Waals surface area contributed by atoms with E-state index in [0.29, 0.717) is 6.42 Å². The van der Waals surface area contributed by atoms with Gasteiger partial charge in [-0.3, -0.25) is 18.6 Å². The molecule has 0 spiro atoms. The number of hydrogen-bond donors (Lipinski definition) is 2. The van der Waals surface area contributed by atoms with Crippen molar-refractivity contribution in [2.45, 2.75) is 444 Å². The minimum absolute atomic E-state index is 0.0547. The Labute approximate surface area is 614 Å². The lowest BCUT2D eigenvalue weighted by molar-refractivity contribution is -0.161. The zero-order valence-corrected chi connectivity index (χ0v) is 66.4. The maximum absolute atomic E-state index is 12.8. The third-order valence-electron chi connectivity index (χ3n) is 19.3. The van der Waals surface area contributed by atoms with E-state index in [4.69, 9.17) is 24.3 Å². The number of unbranched alkanes of at least 4 members (excludes halogenated alkanes) is 55. The van der Waals surface area contributed by atoms with Crippen LogP contribution in [-0.4, -0.2) is 49.3 Å². The van der Waals surface area contributed by atoms with Crippen LogP contribution < -0.4 is 5.73 Å². The van der Waals surface area contributed by atoms with Crippen molar-refractivity contribution < 1.29 is 37.6 Å². The lowest BCUT2D eigenvalue weighted by atomic mass is 10.0. The van der Waals surface area contributed by atoms with Crippen LogP contribution in [0.25, 0.3) is 0 Å². The molecular weight excluding hydrogens is 1240 g/mol. The molecule has 578 valence electrons. The van der Waals surface area contributed by atoms with Gasteiger partial charge in [-0.1, -0.05) is 420 Å². The molecule has 0 fully saturated rings. The maximum Gasteiger partial charge on any atom is 0.472 e. The normalized spacial score (nSPS) is 13.2. The fraction of sp³-hybridized carbons (Fsp3) is 0.820. The fourth-order valence-corrected chi connectivity index (χ4v) is 13.7. The number of phosphoric acid groups is 1. The van der Waals surface area contributed by atoms with Crippen molar-refractivity contribution in [3.05, 3.63) is 85.1 Å². The van der Waals surface area contributed by atoms with Gasteiger partial charge in [-0.2, -0.15) is 0 Å². The Morgan fingerprint density at radius 3 is 0.828 bits per heavy atom. The summed E-state index contributed by atoms with van der Waals surface area (Å²) in [6, 6.07) is 0. The Hall–Kier alpha value is -2.81. The number of esters is 2. The zero-order chi connectivity index (χ0) is 71.5. The largest absolute Gasteiger partial charge is 0.472 e.